The minimum absolute atomic E-state index is 0.0739. The SMILES string of the molecule is CN1CC(=O)N(Cc2cc(Cl)ccc2N)CC1=O. The highest BCUT2D eigenvalue weighted by atomic mass is 35.5. The van der Waals surface area contributed by atoms with Crippen LogP contribution in [0.1, 0.15) is 5.56 Å². The Kier molecular flexibility index (Phi) is 3.43. The van der Waals surface area contributed by atoms with E-state index in [1.54, 1.807) is 25.2 Å². The third-order valence-electron chi connectivity index (χ3n) is 2.94. The lowest BCUT2D eigenvalue weighted by Gasteiger charge is -2.31. The molecule has 5 nitrogen and oxygen atoms in total. The molecular weight excluding hydrogens is 254 g/mol. The minimum atomic E-state index is -0.0866. The summed E-state index contributed by atoms with van der Waals surface area (Å²) in [6.45, 7) is 0.505. The number of carbonyl (C=O) groups excluding carboxylic acids is 2. The number of amides is 2. The zero-order chi connectivity index (χ0) is 13.3. The first-order valence-corrected chi connectivity index (χ1v) is 5.91. The Morgan fingerprint density at radius 1 is 1.28 bits per heavy atom. The van der Waals surface area contributed by atoms with Gasteiger partial charge in [-0.05, 0) is 23.8 Å². The van der Waals surface area contributed by atoms with Crippen LogP contribution in [0.4, 0.5) is 5.69 Å². The van der Waals surface area contributed by atoms with Crippen molar-refractivity contribution in [2.75, 3.05) is 25.9 Å². The van der Waals surface area contributed by atoms with E-state index in [2.05, 4.69) is 0 Å². The Balaban J connectivity index is 2.16. The van der Waals surface area contributed by atoms with Crippen molar-refractivity contribution in [2.24, 2.45) is 0 Å². The van der Waals surface area contributed by atoms with Crippen LogP contribution in [0.2, 0.25) is 5.02 Å². The van der Waals surface area contributed by atoms with Gasteiger partial charge < -0.3 is 15.5 Å². The minimum Gasteiger partial charge on any atom is -0.398 e. The van der Waals surface area contributed by atoms with Crippen molar-refractivity contribution in [3.8, 4) is 0 Å². The second-order valence-electron chi connectivity index (χ2n) is 4.34. The highest BCUT2D eigenvalue weighted by molar-refractivity contribution is 6.30. The Bertz CT molecular complexity index is 504. The van der Waals surface area contributed by atoms with Crippen LogP contribution in [0, 0.1) is 0 Å². The van der Waals surface area contributed by atoms with Crippen LogP contribution in [-0.4, -0.2) is 41.8 Å². The summed E-state index contributed by atoms with van der Waals surface area (Å²) in [5.74, 6) is -0.160. The maximum atomic E-state index is 11.8. The van der Waals surface area contributed by atoms with Gasteiger partial charge in [0, 0.05) is 24.3 Å². The standard InChI is InChI=1S/C12H14ClN3O2/c1-15-6-12(18)16(7-11(15)17)5-8-4-9(13)2-3-10(8)14/h2-4H,5-7,14H2,1H3. The number of rotatable bonds is 2. The molecule has 6 heteroatoms. The smallest absolute Gasteiger partial charge is 0.242 e. The first-order valence-electron chi connectivity index (χ1n) is 5.53. The van der Waals surface area contributed by atoms with E-state index in [-0.39, 0.29) is 24.9 Å². The summed E-state index contributed by atoms with van der Waals surface area (Å²) in [5, 5.41) is 0.562. The molecule has 1 aliphatic heterocycles. The average Bonchev–Trinajstić information content (AvgIpc) is 2.30. The molecule has 2 amide bonds. The van der Waals surface area contributed by atoms with Gasteiger partial charge in [-0.25, -0.2) is 0 Å². The number of nitrogens with zero attached hydrogens (tertiary/aromatic N) is 2. The maximum Gasteiger partial charge on any atom is 0.242 e. The molecule has 0 aromatic heterocycles. The van der Waals surface area contributed by atoms with Crippen molar-refractivity contribution in [1.82, 2.24) is 9.80 Å². The molecule has 2 N–H and O–H groups in total. The highest BCUT2D eigenvalue weighted by Gasteiger charge is 2.27. The predicted octanol–water partition coefficient (Wildman–Crippen LogP) is 0.723. The predicted molar refractivity (Wildman–Crippen MR) is 68.9 cm³/mol. The van der Waals surface area contributed by atoms with E-state index < -0.39 is 0 Å². The fraction of sp³-hybridized carbons (Fsp3) is 0.333. The molecule has 0 spiro atoms. The van der Waals surface area contributed by atoms with E-state index >= 15 is 0 Å². The second kappa shape index (κ2) is 4.86. The fourth-order valence-electron chi connectivity index (χ4n) is 1.82. The normalized spacial score (nSPS) is 16.3. The molecule has 18 heavy (non-hydrogen) atoms. The molecule has 2 rings (SSSR count). The van der Waals surface area contributed by atoms with Crippen molar-refractivity contribution in [3.05, 3.63) is 28.8 Å². The van der Waals surface area contributed by atoms with Gasteiger partial charge in [0.05, 0.1) is 6.54 Å². The molecule has 1 aliphatic rings. The van der Waals surface area contributed by atoms with Crippen molar-refractivity contribution < 1.29 is 9.59 Å². The number of hydrogen-bond acceptors (Lipinski definition) is 3. The van der Waals surface area contributed by atoms with E-state index in [1.165, 1.54) is 9.80 Å². The molecule has 1 aromatic carbocycles. The van der Waals surface area contributed by atoms with Crippen molar-refractivity contribution in [1.29, 1.82) is 0 Å². The topological polar surface area (TPSA) is 66.6 Å². The second-order valence-corrected chi connectivity index (χ2v) is 4.78. The molecular formula is C12H14ClN3O2. The summed E-state index contributed by atoms with van der Waals surface area (Å²) < 4.78 is 0. The van der Waals surface area contributed by atoms with Crippen LogP contribution in [0.3, 0.4) is 0 Å². The van der Waals surface area contributed by atoms with Gasteiger partial charge in [-0.15, -0.1) is 0 Å². The van der Waals surface area contributed by atoms with Crippen LogP contribution in [0.5, 0.6) is 0 Å². The molecule has 96 valence electrons. The summed E-state index contributed by atoms with van der Waals surface area (Å²) in [6.07, 6.45) is 0. The number of nitrogen functional groups attached to an aromatic ring is 1. The number of piperazine rings is 1. The third-order valence-corrected chi connectivity index (χ3v) is 3.18. The zero-order valence-corrected chi connectivity index (χ0v) is 10.8. The van der Waals surface area contributed by atoms with Gasteiger partial charge in [0.25, 0.3) is 0 Å². The van der Waals surface area contributed by atoms with E-state index in [0.717, 1.165) is 5.56 Å². The van der Waals surface area contributed by atoms with Crippen molar-refractivity contribution >= 4 is 29.1 Å². The Labute approximate surface area is 110 Å². The first kappa shape index (κ1) is 12.7. The van der Waals surface area contributed by atoms with Crippen molar-refractivity contribution in [3.63, 3.8) is 0 Å². The quantitative estimate of drug-likeness (QED) is 0.803. The van der Waals surface area contributed by atoms with Crippen LogP contribution in [0.15, 0.2) is 18.2 Å². The van der Waals surface area contributed by atoms with Crippen LogP contribution >= 0.6 is 11.6 Å². The molecule has 0 saturated carbocycles. The third kappa shape index (κ3) is 2.56. The average molecular weight is 268 g/mol. The largest absolute Gasteiger partial charge is 0.398 e. The van der Waals surface area contributed by atoms with Crippen LogP contribution in [-0.2, 0) is 16.1 Å². The maximum absolute atomic E-state index is 11.8. The molecule has 1 heterocycles. The Morgan fingerprint density at radius 3 is 2.72 bits per heavy atom. The zero-order valence-electron chi connectivity index (χ0n) is 10.0. The summed E-state index contributed by atoms with van der Waals surface area (Å²) in [4.78, 5) is 26.3. The highest BCUT2D eigenvalue weighted by Crippen LogP contribution is 2.20. The summed E-state index contributed by atoms with van der Waals surface area (Å²) in [5.41, 5.74) is 7.15. The summed E-state index contributed by atoms with van der Waals surface area (Å²) >= 11 is 5.89. The molecule has 1 saturated heterocycles. The van der Waals surface area contributed by atoms with Gasteiger partial charge in [0.1, 0.15) is 6.54 Å². The van der Waals surface area contributed by atoms with E-state index in [4.69, 9.17) is 17.3 Å². The molecule has 0 unspecified atom stereocenters. The number of anilines is 1. The summed E-state index contributed by atoms with van der Waals surface area (Å²) in [6, 6.07) is 5.10. The lowest BCUT2D eigenvalue weighted by Crippen LogP contribution is -2.51. The van der Waals surface area contributed by atoms with Gasteiger partial charge in [-0.1, -0.05) is 11.6 Å². The monoisotopic (exact) mass is 267 g/mol. The number of hydrogen-bond donors (Lipinski definition) is 1. The number of carbonyl (C=O) groups is 2. The van der Waals surface area contributed by atoms with E-state index in [1.807, 2.05) is 0 Å². The molecule has 1 fully saturated rings. The Morgan fingerprint density at radius 2 is 2.00 bits per heavy atom. The Hall–Kier alpha value is -1.75. The fourth-order valence-corrected chi connectivity index (χ4v) is 2.02. The summed E-state index contributed by atoms with van der Waals surface area (Å²) in [7, 11) is 1.62. The van der Waals surface area contributed by atoms with Crippen LogP contribution < -0.4 is 5.73 Å². The first-order chi connectivity index (χ1) is 8.47. The lowest BCUT2D eigenvalue weighted by molar-refractivity contribution is -0.149. The number of likely N-dealkylation sites (N-methyl/N-ethyl adjacent to an activating group) is 1. The number of benzene rings is 1. The van der Waals surface area contributed by atoms with Gasteiger partial charge in [0.2, 0.25) is 11.8 Å². The molecule has 0 aliphatic carbocycles. The van der Waals surface area contributed by atoms with E-state index in [9.17, 15) is 9.59 Å². The van der Waals surface area contributed by atoms with Crippen molar-refractivity contribution in [2.45, 2.75) is 6.54 Å². The molecule has 0 atom stereocenters. The van der Waals surface area contributed by atoms with Gasteiger partial charge in [0.15, 0.2) is 0 Å². The number of halogens is 1. The lowest BCUT2D eigenvalue weighted by atomic mass is 10.1. The van der Waals surface area contributed by atoms with Gasteiger partial charge >= 0.3 is 0 Å². The number of nitrogens with two attached hydrogens (primary N) is 1. The van der Waals surface area contributed by atoms with Gasteiger partial charge in [-0.2, -0.15) is 0 Å². The van der Waals surface area contributed by atoms with Gasteiger partial charge in [-0.3, -0.25) is 9.59 Å². The molecule has 1 aromatic rings. The van der Waals surface area contributed by atoms with Crippen LogP contribution in [0.25, 0.3) is 0 Å². The van der Waals surface area contributed by atoms with E-state index in [0.29, 0.717) is 17.3 Å². The molecule has 0 bridgehead atoms. The molecule has 0 radical (unpaired) electrons.